The molecule has 2 rings (SSSR count). The summed E-state index contributed by atoms with van der Waals surface area (Å²) in [5.41, 5.74) is -0.0106. The first-order valence-corrected chi connectivity index (χ1v) is 5.87. The van der Waals surface area contributed by atoms with E-state index in [1.165, 1.54) is 6.07 Å². The second kappa shape index (κ2) is 5.22. The number of carboxylic acid groups (broad SMARTS) is 1. The molecule has 0 radical (unpaired) electrons. The quantitative estimate of drug-likeness (QED) is 0.831. The first kappa shape index (κ1) is 12.6. The average molecular weight is 252 g/mol. The molecule has 1 fully saturated rings. The van der Waals surface area contributed by atoms with Gasteiger partial charge in [-0.1, -0.05) is 0 Å². The van der Waals surface area contributed by atoms with Gasteiger partial charge < -0.3 is 19.7 Å². The zero-order valence-electron chi connectivity index (χ0n) is 10.2. The largest absolute Gasteiger partial charge is 0.478 e. The highest BCUT2D eigenvalue weighted by atomic mass is 16.4. The molecule has 18 heavy (non-hydrogen) atoms. The van der Waals surface area contributed by atoms with E-state index < -0.39 is 5.97 Å². The van der Waals surface area contributed by atoms with Gasteiger partial charge in [0.1, 0.15) is 6.26 Å². The Labute approximate surface area is 105 Å². The maximum Gasteiger partial charge on any atom is 0.338 e. The van der Waals surface area contributed by atoms with Crippen molar-refractivity contribution < 1.29 is 19.1 Å². The molecule has 2 N–H and O–H groups in total. The van der Waals surface area contributed by atoms with Crippen molar-refractivity contribution in [2.24, 2.45) is 0 Å². The van der Waals surface area contributed by atoms with Gasteiger partial charge in [-0.25, -0.2) is 4.79 Å². The molecule has 0 saturated carbocycles. The highest BCUT2D eigenvalue weighted by Gasteiger charge is 2.21. The van der Waals surface area contributed by atoms with Gasteiger partial charge in [0, 0.05) is 12.1 Å². The molecule has 0 unspecified atom stereocenters. The van der Waals surface area contributed by atoms with Crippen LogP contribution in [-0.4, -0.2) is 48.1 Å². The van der Waals surface area contributed by atoms with Gasteiger partial charge in [-0.15, -0.1) is 0 Å². The number of hydrogen-bond acceptors (Lipinski definition) is 4. The minimum atomic E-state index is -1.10. The maximum absolute atomic E-state index is 11.8. The van der Waals surface area contributed by atoms with Crippen molar-refractivity contribution >= 4 is 11.9 Å². The maximum atomic E-state index is 11.8. The van der Waals surface area contributed by atoms with Crippen molar-refractivity contribution in [1.29, 1.82) is 0 Å². The highest BCUT2D eigenvalue weighted by molar-refractivity contribution is 5.95. The fourth-order valence-corrected chi connectivity index (χ4v) is 1.98. The summed E-state index contributed by atoms with van der Waals surface area (Å²) >= 11 is 0. The second-order valence-electron chi connectivity index (χ2n) is 4.56. The molecule has 98 valence electrons. The minimum absolute atomic E-state index is 0.0106. The first-order chi connectivity index (χ1) is 8.56. The number of furan rings is 1. The molecule has 1 aromatic heterocycles. The summed E-state index contributed by atoms with van der Waals surface area (Å²) in [5, 5.41) is 11.6. The van der Waals surface area contributed by atoms with Crippen LogP contribution in [0.25, 0.3) is 0 Å². The van der Waals surface area contributed by atoms with E-state index in [2.05, 4.69) is 10.2 Å². The number of carboxylic acids is 1. The molecule has 0 spiro atoms. The molecule has 0 bridgehead atoms. The van der Waals surface area contributed by atoms with Gasteiger partial charge in [0.2, 0.25) is 0 Å². The summed E-state index contributed by atoms with van der Waals surface area (Å²) in [6.07, 6.45) is 2.87. The van der Waals surface area contributed by atoms with Crippen molar-refractivity contribution in [2.75, 3.05) is 20.1 Å². The number of likely N-dealkylation sites (tertiary alicyclic amines) is 1. The predicted octanol–water partition coefficient (Wildman–Crippen LogP) is 0.802. The van der Waals surface area contributed by atoms with E-state index in [4.69, 9.17) is 9.52 Å². The predicted molar refractivity (Wildman–Crippen MR) is 63.7 cm³/mol. The van der Waals surface area contributed by atoms with Crippen LogP contribution in [0, 0.1) is 0 Å². The Balaban J connectivity index is 1.93. The third kappa shape index (κ3) is 2.89. The highest BCUT2D eigenvalue weighted by Crippen LogP contribution is 2.11. The number of amides is 1. The minimum Gasteiger partial charge on any atom is -0.478 e. The monoisotopic (exact) mass is 252 g/mol. The van der Waals surface area contributed by atoms with Crippen LogP contribution in [-0.2, 0) is 0 Å². The van der Waals surface area contributed by atoms with E-state index >= 15 is 0 Å². The molecule has 0 atom stereocenters. The van der Waals surface area contributed by atoms with E-state index in [0.29, 0.717) is 0 Å². The zero-order valence-corrected chi connectivity index (χ0v) is 10.2. The molecule has 6 heteroatoms. The fraction of sp³-hybridized carbons (Fsp3) is 0.500. The average Bonchev–Trinajstić information content (AvgIpc) is 2.81. The van der Waals surface area contributed by atoms with E-state index in [0.717, 1.165) is 32.2 Å². The Bertz CT molecular complexity index is 447. The number of piperidine rings is 1. The van der Waals surface area contributed by atoms with Gasteiger partial charge in [-0.05, 0) is 33.0 Å². The molecule has 1 aromatic rings. The van der Waals surface area contributed by atoms with E-state index in [-0.39, 0.29) is 23.3 Å². The summed E-state index contributed by atoms with van der Waals surface area (Å²) in [7, 11) is 2.05. The Morgan fingerprint density at radius 3 is 2.67 bits per heavy atom. The SMILES string of the molecule is CN1CCC(NC(=O)c2cc(C(=O)O)co2)CC1. The van der Waals surface area contributed by atoms with Crippen LogP contribution in [0.15, 0.2) is 16.7 Å². The number of nitrogens with one attached hydrogen (secondary N) is 1. The van der Waals surface area contributed by atoms with Crippen LogP contribution in [0.3, 0.4) is 0 Å². The van der Waals surface area contributed by atoms with E-state index in [1.54, 1.807) is 0 Å². The smallest absolute Gasteiger partial charge is 0.338 e. The van der Waals surface area contributed by atoms with Gasteiger partial charge in [0.25, 0.3) is 5.91 Å². The Hall–Kier alpha value is -1.82. The van der Waals surface area contributed by atoms with Crippen molar-refractivity contribution in [2.45, 2.75) is 18.9 Å². The number of rotatable bonds is 3. The van der Waals surface area contributed by atoms with Crippen molar-refractivity contribution in [3.05, 3.63) is 23.7 Å². The summed E-state index contributed by atoms with van der Waals surface area (Å²) in [6.45, 7) is 1.90. The standard InChI is InChI=1S/C12H16N2O4/c1-14-4-2-9(3-5-14)13-11(15)10-6-8(7-18-10)12(16)17/h6-7,9H,2-5H2,1H3,(H,13,15)(H,16,17). The second-order valence-corrected chi connectivity index (χ2v) is 4.56. The Kier molecular flexibility index (Phi) is 3.66. The molecule has 2 heterocycles. The molecular weight excluding hydrogens is 236 g/mol. The van der Waals surface area contributed by atoms with E-state index in [9.17, 15) is 9.59 Å². The topological polar surface area (TPSA) is 82.8 Å². The number of carbonyl (C=O) groups is 2. The third-order valence-corrected chi connectivity index (χ3v) is 3.12. The molecule has 0 aliphatic carbocycles. The number of hydrogen-bond donors (Lipinski definition) is 2. The van der Waals surface area contributed by atoms with Crippen LogP contribution >= 0.6 is 0 Å². The first-order valence-electron chi connectivity index (χ1n) is 5.87. The van der Waals surface area contributed by atoms with Crippen LogP contribution in [0.2, 0.25) is 0 Å². The fourth-order valence-electron chi connectivity index (χ4n) is 1.98. The third-order valence-electron chi connectivity index (χ3n) is 3.12. The summed E-state index contributed by atoms with van der Waals surface area (Å²) < 4.78 is 4.95. The summed E-state index contributed by atoms with van der Waals surface area (Å²) in [4.78, 5) is 24.7. The normalized spacial score (nSPS) is 17.6. The lowest BCUT2D eigenvalue weighted by atomic mass is 10.1. The van der Waals surface area contributed by atoms with Crippen molar-refractivity contribution in [3.8, 4) is 0 Å². The number of nitrogens with zero attached hydrogens (tertiary/aromatic N) is 1. The van der Waals surface area contributed by atoms with Gasteiger partial charge in [-0.3, -0.25) is 4.79 Å². The van der Waals surface area contributed by atoms with Gasteiger partial charge in [0.05, 0.1) is 5.56 Å². The van der Waals surface area contributed by atoms with Gasteiger partial charge in [-0.2, -0.15) is 0 Å². The van der Waals surface area contributed by atoms with Gasteiger partial charge >= 0.3 is 5.97 Å². The van der Waals surface area contributed by atoms with Crippen LogP contribution in [0.4, 0.5) is 0 Å². The van der Waals surface area contributed by atoms with Crippen LogP contribution in [0.5, 0.6) is 0 Å². The zero-order chi connectivity index (χ0) is 13.1. The summed E-state index contributed by atoms with van der Waals surface area (Å²) in [6, 6.07) is 1.37. The Morgan fingerprint density at radius 1 is 1.44 bits per heavy atom. The molecule has 0 aromatic carbocycles. The van der Waals surface area contributed by atoms with Crippen LogP contribution < -0.4 is 5.32 Å². The lowest BCUT2D eigenvalue weighted by Gasteiger charge is -2.29. The summed E-state index contributed by atoms with van der Waals surface area (Å²) in [5.74, 6) is -1.40. The lowest BCUT2D eigenvalue weighted by Crippen LogP contribution is -2.43. The lowest BCUT2D eigenvalue weighted by molar-refractivity contribution is 0.0695. The molecule has 1 aliphatic rings. The molecule has 1 saturated heterocycles. The van der Waals surface area contributed by atoms with Gasteiger partial charge in [0.15, 0.2) is 5.76 Å². The number of carbonyl (C=O) groups excluding carboxylic acids is 1. The van der Waals surface area contributed by atoms with Crippen LogP contribution in [0.1, 0.15) is 33.8 Å². The molecular formula is C12H16N2O4. The molecule has 6 nitrogen and oxygen atoms in total. The Morgan fingerprint density at radius 2 is 2.11 bits per heavy atom. The van der Waals surface area contributed by atoms with Crippen molar-refractivity contribution in [3.63, 3.8) is 0 Å². The van der Waals surface area contributed by atoms with Crippen molar-refractivity contribution in [1.82, 2.24) is 10.2 Å². The molecule has 1 aliphatic heterocycles. The van der Waals surface area contributed by atoms with E-state index in [1.807, 2.05) is 7.05 Å². The molecule has 1 amide bonds. The number of aromatic carboxylic acids is 1.